The van der Waals surface area contributed by atoms with Gasteiger partial charge >= 0.3 is 0 Å². The van der Waals surface area contributed by atoms with E-state index in [0.717, 1.165) is 17.7 Å². The first-order valence-electron chi connectivity index (χ1n) is 5.62. The Kier molecular flexibility index (Phi) is 3.67. The van der Waals surface area contributed by atoms with Crippen LogP contribution >= 0.6 is 0 Å². The molecule has 0 radical (unpaired) electrons. The van der Waals surface area contributed by atoms with Crippen molar-refractivity contribution in [2.75, 3.05) is 11.9 Å². The lowest BCUT2D eigenvalue weighted by atomic mass is 10.1. The molecule has 0 saturated carbocycles. The average molecular weight is 228 g/mol. The summed E-state index contributed by atoms with van der Waals surface area (Å²) in [7, 11) is 0. The average Bonchev–Trinajstić information content (AvgIpc) is 2.35. The van der Waals surface area contributed by atoms with Gasteiger partial charge in [-0.25, -0.2) is 9.97 Å². The summed E-state index contributed by atoms with van der Waals surface area (Å²) in [6, 6.07) is 8.13. The van der Waals surface area contributed by atoms with E-state index in [0.29, 0.717) is 12.5 Å². The Morgan fingerprint density at radius 3 is 2.35 bits per heavy atom. The second kappa shape index (κ2) is 5.41. The van der Waals surface area contributed by atoms with Crippen molar-refractivity contribution in [1.82, 2.24) is 9.97 Å². The molecule has 3 N–H and O–H groups in total. The second-order valence-electron chi connectivity index (χ2n) is 3.94. The van der Waals surface area contributed by atoms with Gasteiger partial charge < -0.3 is 11.1 Å². The molecule has 4 nitrogen and oxygen atoms in total. The maximum atomic E-state index is 5.50. The van der Waals surface area contributed by atoms with Crippen LogP contribution in [0.4, 0.5) is 11.6 Å². The number of hydrogen-bond acceptors (Lipinski definition) is 4. The third-order valence-electron chi connectivity index (χ3n) is 2.42. The quantitative estimate of drug-likeness (QED) is 0.840. The number of nitrogens with zero attached hydrogens (tertiary/aromatic N) is 2. The van der Waals surface area contributed by atoms with E-state index in [1.165, 1.54) is 5.56 Å². The van der Waals surface area contributed by atoms with Gasteiger partial charge in [-0.2, -0.15) is 0 Å². The third-order valence-corrected chi connectivity index (χ3v) is 2.42. The summed E-state index contributed by atoms with van der Waals surface area (Å²) < 4.78 is 0. The van der Waals surface area contributed by atoms with E-state index in [2.05, 4.69) is 27.4 Å². The van der Waals surface area contributed by atoms with Crippen LogP contribution in [-0.2, 0) is 6.42 Å². The van der Waals surface area contributed by atoms with Gasteiger partial charge in [0.1, 0.15) is 0 Å². The summed E-state index contributed by atoms with van der Waals surface area (Å²) in [5, 5.41) is 3.15. The molecule has 1 heterocycles. The van der Waals surface area contributed by atoms with Crippen LogP contribution in [0.5, 0.6) is 0 Å². The number of aryl methyl sites for hydroxylation is 1. The van der Waals surface area contributed by atoms with Gasteiger partial charge in [-0.15, -0.1) is 0 Å². The van der Waals surface area contributed by atoms with Gasteiger partial charge in [-0.05, 0) is 43.1 Å². The van der Waals surface area contributed by atoms with Crippen LogP contribution in [0.2, 0.25) is 0 Å². The number of benzene rings is 1. The number of anilines is 2. The minimum atomic E-state index is 0.613. The highest BCUT2D eigenvalue weighted by molar-refractivity contribution is 5.53. The first-order valence-corrected chi connectivity index (χ1v) is 5.62. The normalized spacial score (nSPS) is 10.2. The Bertz CT molecular complexity index is 462. The maximum Gasteiger partial charge on any atom is 0.227 e. The Balaban J connectivity index is 2.05. The predicted octanol–water partition coefficient (Wildman–Crippen LogP) is 2.03. The first kappa shape index (κ1) is 11.5. The van der Waals surface area contributed by atoms with Crippen molar-refractivity contribution in [3.8, 4) is 0 Å². The molecule has 17 heavy (non-hydrogen) atoms. The van der Waals surface area contributed by atoms with Gasteiger partial charge in [0.25, 0.3) is 0 Å². The van der Waals surface area contributed by atoms with Crippen LogP contribution in [0, 0.1) is 6.92 Å². The Morgan fingerprint density at radius 2 is 1.76 bits per heavy atom. The topological polar surface area (TPSA) is 63.8 Å². The zero-order chi connectivity index (χ0) is 12.1. The van der Waals surface area contributed by atoms with Crippen molar-refractivity contribution in [3.05, 3.63) is 47.8 Å². The molecule has 0 bridgehead atoms. The molecule has 0 spiro atoms. The lowest BCUT2D eigenvalue weighted by Crippen LogP contribution is -2.02. The lowest BCUT2D eigenvalue weighted by Gasteiger charge is -2.05. The number of aromatic nitrogens is 2. The highest BCUT2D eigenvalue weighted by atomic mass is 15.1. The number of hydrogen-bond donors (Lipinski definition) is 2. The van der Waals surface area contributed by atoms with E-state index < -0.39 is 0 Å². The fourth-order valence-corrected chi connectivity index (χ4v) is 1.51. The van der Waals surface area contributed by atoms with Crippen molar-refractivity contribution in [2.24, 2.45) is 5.73 Å². The first-order chi connectivity index (χ1) is 8.28. The molecular weight excluding hydrogens is 212 g/mol. The monoisotopic (exact) mass is 228 g/mol. The highest BCUT2D eigenvalue weighted by Crippen LogP contribution is 2.13. The van der Waals surface area contributed by atoms with Crippen LogP contribution in [0.3, 0.4) is 0 Å². The van der Waals surface area contributed by atoms with Gasteiger partial charge in [0, 0.05) is 18.1 Å². The summed E-state index contributed by atoms with van der Waals surface area (Å²) in [5.74, 6) is 0.613. The van der Waals surface area contributed by atoms with E-state index in [9.17, 15) is 0 Å². The number of rotatable bonds is 4. The Morgan fingerprint density at radius 1 is 1.12 bits per heavy atom. The molecule has 0 aliphatic rings. The molecule has 0 aliphatic carbocycles. The van der Waals surface area contributed by atoms with Crippen LogP contribution in [0.25, 0.3) is 0 Å². The van der Waals surface area contributed by atoms with E-state index in [1.807, 2.05) is 19.1 Å². The number of nitrogens with one attached hydrogen (secondary N) is 1. The van der Waals surface area contributed by atoms with Crippen molar-refractivity contribution in [2.45, 2.75) is 13.3 Å². The molecule has 1 aromatic heterocycles. The van der Waals surface area contributed by atoms with Crippen molar-refractivity contribution in [1.29, 1.82) is 0 Å². The maximum absolute atomic E-state index is 5.50. The molecule has 2 aromatic rings. The van der Waals surface area contributed by atoms with Gasteiger partial charge in [0.2, 0.25) is 5.95 Å². The summed E-state index contributed by atoms with van der Waals surface area (Å²) >= 11 is 0. The number of nitrogens with two attached hydrogens (primary N) is 1. The summed E-state index contributed by atoms with van der Waals surface area (Å²) in [6.07, 6.45) is 4.48. The summed E-state index contributed by atoms with van der Waals surface area (Å²) in [6.45, 7) is 2.64. The molecule has 0 saturated heterocycles. The molecule has 0 fully saturated rings. The van der Waals surface area contributed by atoms with E-state index in [1.54, 1.807) is 12.4 Å². The van der Waals surface area contributed by atoms with Gasteiger partial charge in [-0.1, -0.05) is 12.1 Å². The fraction of sp³-hybridized carbons (Fsp3) is 0.231. The minimum absolute atomic E-state index is 0.613. The molecule has 1 aromatic carbocycles. The van der Waals surface area contributed by atoms with Crippen molar-refractivity contribution >= 4 is 11.6 Å². The molecule has 0 amide bonds. The molecule has 0 aliphatic heterocycles. The second-order valence-corrected chi connectivity index (χ2v) is 3.94. The SMILES string of the molecule is Cc1cnc(Nc2ccc(CCN)cc2)nc1. The smallest absolute Gasteiger partial charge is 0.227 e. The molecule has 0 unspecified atom stereocenters. The van der Waals surface area contributed by atoms with Crippen molar-refractivity contribution < 1.29 is 0 Å². The zero-order valence-electron chi connectivity index (χ0n) is 9.85. The highest BCUT2D eigenvalue weighted by Gasteiger charge is 1.97. The largest absolute Gasteiger partial charge is 0.330 e. The summed E-state index contributed by atoms with van der Waals surface area (Å²) in [4.78, 5) is 8.38. The fourth-order valence-electron chi connectivity index (χ4n) is 1.51. The summed E-state index contributed by atoms with van der Waals surface area (Å²) in [5.41, 5.74) is 8.77. The van der Waals surface area contributed by atoms with Crippen LogP contribution < -0.4 is 11.1 Å². The van der Waals surface area contributed by atoms with Gasteiger partial charge in [0.05, 0.1) is 0 Å². The van der Waals surface area contributed by atoms with E-state index in [-0.39, 0.29) is 0 Å². The molecule has 4 heteroatoms. The van der Waals surface area contributed by atoms with Crippen LogP contribution in [0.1, 0.15) is 11.1 Å². The third kappa shape index (κ3) is 3.26. The Labute approximate surface area is 101 Å². The standard InChI is InChI=1S/C13H16N4/c1-10-8-15-13(16-9-10)17-12-4-2-11(3-5-12)6-7-14/h2-5,8-9H,6-7,14H2,1H3,(H,15,16,17). The molecule has 88 valence electrons. The predicted molar refractivity (Wildman–Crippen MR) is 69.3 cm³/mol. The minimum Gasteiger partial charge on any atom is -0.330 e. The van der Waals surface area contributed by atoms with Crippen LogP contribution in [-0.4, -0.2) is 16.5 Å². The van der Waals surface area contributed by atoms with Crippen LogP contribution in [0.15, 0.2) is 36.7 Å². The van der Waals surface area contributed by atoms with E-state index >= 15 is 0 Å². The van der Waals surface area contributed by atoms with Crippen molar-refractivity contribution in [3.63, 3.8) is 0 Å². The Hall–Kier alpha value is -1.94. The zero-order valence-corrected chi connectivity index (χ0v) is 9.85. The molecule has 2 rings (SSSR count). The van der Waals surface area contributed by atoms with Gasteiger partial charge in [-0.3, -0.25) is 0 Å². The lowest BCUT2D eigenvalue weighted by molar-refractivity contribution is 0.969. The molecule has 0 atom stereocenters. The van der Waals surface area contributed by atoms with E-state index in [4.69, 9.17) is 5.73 Å². The molecular formula is C13H16N4. The van der Waals surface area contributed by atoms with Gasteiger partial charge in [0.15, 0.2) is 0 Å².